The normalized spacial score (nSPS) is 11.8. The topological polar surface area (TPSA) is 127 Å². The second kappa shape index (κ2) is 13.8. The summed E-state index contributed by atoms with van der Waals surface area (Å²) >= 11 is 0. The van der Waals surface area contributed by atoms with Gasteiger partial charge < -0.3 is 29.0 Å². The molecule has 0 spiro atoms. The molecular formula is C28H28F3N7O3. The Kier molecular flexibility index (Phi) is 10.3. The fourth-order valence-corrected chi connectivity index (χ4v) is 4.11. The van der Waals surface area contributed by atoms with Crippen LogP contribution in [0.15, 0.2) is 49.4 Å². The number of rotatable bonds is 5. The highest BCUT2D eigenvalue weighted by Crippen LogP contribution is 2.43. The number of ether oxygens (including phenoxy) is 1. The number of nitrogens with zero attached hydrogens (tertiary/aromatic N) is 5. The number of H-pyrrole nitrogens is 1. The van der Waals surface area contributed by atoms with Crippen LogP contribution < -0.4 is 10.1 Å². The van der Waals surface area contributed by atoms with Crippen molar-refractivity contribution < 1.29 is 27.5 Å². The number of aromatic nitrogens is 6. The maximum Gasteiger partial charge on any atom is 0.216 e. The summed E-state index contributed by atoms with van der Waals surface area (Å²) in [6, 6.07) is 3.96. The number of halogens is 3. The molecule has 0 saturated heterocycles. The third-order valence-corrected chi connectivity index (χ3v) is 6.10. The highest BCUT2D eigenvalue weighted by Gasteiger charge is 2.29. The summed E-state index contributed by atoms with van der Waals surface area (Å²) in [6.07, 6.45) is 9.85. The van der Waals surface area contributed by atoms with Crippen molar-refractivity contribution in [1.29, 1.82) is 0 Å². The standard InChI is InChI=1S/C19H16F2N6.C7H8FNO.2CH2O/c1-22-12-5-4-11(20)15(16(12)21)13-7-27-9-26-18(14(27)6-23-13)19-17(10-2-3-10)24-8-25-19;1-5-3-6(8)4-9-7(5)10-2;2*1-2/h4-10,22H,2-3H2,1H3,(H,24,25);3-4H,1-2H3;2*1H2. The van der Waals surface area contributed by atoms with Gasteiger partial charge in [-0.05, 0) is 38.0 Å². The van der Waals surface area contributed by atoms with Gasteiger partial charge in [-0.1, -0.05) is 0 Å². The fraction of sp³-hybridized carbons (Fsp3) is 0.214. The lowest BCUT2D eigenvalue weighted by Gasteiger charge is -2.09. The van der Waals surface area contributed by atoms with Gasteiger partial charge in [0, 0.05) is 30.4 Å². The average Bonchev–Trinajstić information content (AvgIpc) is 3.57. The molecule has 0 aliphatic heterocycles. The highest BCUT2D eigenvalue weighted by atomic mass is 19.1. The molecule has 6 rings (SSSR count). The molecule has 2 N–H and O–H groups in total. The molecule has 4 heterocycles. The van der Waals surface area contributed by atoms with Crippen LogP contribution >= 0.6 is 0 Å². The molecular weight excluding hydrogens is 539 g/mol. The van der Waals surface area contributed by atoms with E-state index >= 15 is 0 Å². The van der Waals surface area contributed by atoms with Crippen LogP contribution in [-0.4, -0.2) is 57.1 Å². The van der Waals surface area contributed by atoms with Crippen molar-refractivity contribution >= 4 is 24.8 Å². The van der Waals surface area contributed by atoms with E-state index in [9.17, 15) is 13.2 Å². The lowest BCUT2D eigenvalue weighted by Crippen LogP contribution is -2.00. The summed E-state index contributed by atoms with van der Waals surface area (Å²) in [6.45, 7) is 5.74. The molecule has 0 amide bonds. The molecule has 0 atom stereocenters. The smallest absolute Gasteiger partial charge is 0.216 e. The molecule has 41 heavy (non-hydrogen) atoms. The number of nitrogens with one attached hydrogen (secondary N) is 2. The van der Waals surface area contributed by atoms with Crippen molar-refractivity contribution in [3.63, 3.8) is 0 Å². The van der Waals surface area contributed by atoms with Crippen molar-refractivity contribution in [2.75, 3.05) is 19.5 Å². The number of carbonyl (C=O) groups is 2. The van der Waals surface area contributed by atoms with E-state index < -0.39 is 11.6 Å². The Morgan fingerprint density at radius 3 is 2.39 bits per heavy atom. The van der Waals surface area contributed by atoms with Gasteiger partial charge in [-0.15, -0.1) is 0 Å². The molecule has 0 unspecified atom stereocenters. The van der Waals surface area contributed by atoms with Crippen molar-refractivity contribution in [2.24, 2.45) is 0 Å². The van der Waals surface area contributed by atoms with E-state index in [4.69, 9.17) is 14.3 Å². The van der Waals surface area contributed by atoms with Gasteiger partial charge in [0.2, 0.25) is 5.88 Å². The Balaban J connectivity index is 0.000000278. The SMILES string of the molecule is C=O.C=O.CNc1ccc(F)c(-c2cn3cnc(-c4nc[nH]c4C4CC4)c3cn2)c1F.COc1ncc(F)cc1C. The van der Waals surface area contributed by atoms with Crippen molar-refractivity contribution in [3.8, 4) is 28.5 Å². The third-order valence-electron chi connectivity index (χ3n) is 6.10. The molecule has 0 bridgehead atoms. The van der Waals surface area contributed by atoms with Crippen LogP contribution in [0.1, 0.15) is 30.0 Å². The molecule has 1 fully saturated rings. The maximum atomic E-state index is 14.6. The minimum absolute atomic E-state index is 0.169. The van der Waals surface area contributed by atoms with Gasteiger partial charge in [0.1, 0.15) is 42.9 Å². The Hall–Kier alpha value is -5.07. The third kappa shape index (κ3) is 6.57. The highest BCUT2D eigenvalue weighted by molar-refractivity contribution is 5.77. The van der Waals surface area contributed by atoms with Crippen LogP contribution in [0.5, 0.6) is 5.88 Å². The van der Waals surface area contributed by atoms with Gasteiger partial charge in [-0.3, -0.25) is 4.98 Å². The first-order chi connectivity index (χ1) is 19.9. The largest absolute Gasteiger partial charge is 0.481 e. The summed E-state index contributed by atoms with van der Waals surface area (Å²) in [7, 11) is 3.09. The molecule has 0 radical (unpaired) electrons. The van der Waals surface area contributed by atoms with Crippen LogP contribution in [0.4, 0.5) is 18.9 Å². The van der Waals surface area contributed by atoms with Gasteiger partial charge in [0.25, 0.3) is 0 Å². The number of aryl methyl sites for hydroxylation is 1. The number of anilines is 1. The van der Waals surface area contributed by atoms with Crippen molar-refractivity contribution in [2.45, 2.75) is 25.7 Å². The number of imidazole rings is 2. The van der Waals surface area contributed by atoms with E-state index in [0.717, 1.165) is 35.9 Å². The van der Waals surface area contributed by atoms with Crippen LogP contribution in [-0.2, 0) is 9.59 Å². The second-order valence-electron chi connectivity index (χ2n) is 8.61. The summed E-state index contributed by atoms with van der Waals surface area (Å²) < 4.78 is 47.8. The average molecular weight is 568 g/mol. The number of benzene rings is 1. The van der Waals surface area contributed by atoms with Gasteiger partial charge in [-0.2, -0.15) is 0 Å². The molecule has 214 valence electrons. The van der Waals surface area contributed by atoms with Gasteiger partial charge in [-0.25, -0.2) is 28.1 Å². The van der Waals surface area contributed by atoms with Gasteiger partial charge >= 0.3 is 0 Å². The minimum atomic E-state index is -0.673. The minimum Gasteiger partial charge on any atom is -0.481 e. The summed E-state index contributed by atoms with van der Waals surface area (Å²) in [5, 5.41) is 2.71. The van der Waals surface area contributed by atoms with E-state index in [1.54, 1.807) is 43.4 Å². The predicted molar refractivity (Wildman–Crippen MR) is 147 cm³/mol. The lowest BCUT2D eigenvalue weighted by molar-refractivity contribution is -0.0987. The van der Waals surface area contributed by atoms with Crippen molar-refractivity contribution in [3.05, 3.63) is 78.2 Å². The van der Waals surface area contributed by atoms with Crippen molar-refractivity contribution in [1.82, 2.24) is 29.3 Å². The van der Waals surface area contributed by atoms with Gasteiger partial charge in [0.15, 0.2) is 5.82 Å². The molecule has 1 aliphatic rings. The number of hydrogen-bond donors (Lipinski definition) is 2. The van der Waals surface area contributed by atoms with E-state index in [1.807, 2.05) is 13.6 Å². The quantitative estimate of drug-likeness (QED) is 0.299. The number of aromatic amines is 1. The molecule has 10 nitrogen and oxygen atoms in total. The molecule has 1 aromatic carbocycles. The van der Waals surface area contributed by atoms with E-state index in [1.165, 1.54) is 25.3 Å². The Bertz CT molecular complexity index is 1620. The number of fused-ring (bicyclic) bond motifs is 1. The second-order valence-corrected chi connectivity index (χ2v) is 8.61. The summed E-state index contributed by atoms with van der Waals surface area (Å²) in [5.74, 6) is -0.700. The number of carbonyl (C=O) groups excluding carboxylic acids is 2. The zero-order valence-electron chi connectivity index (χ0n) is 22.6. The van der Waals surface area contributed by atoms with Crippen LogP contribution in [0.25, 0.3) is 28.2 Å². The summed E-state index contributed by atoms with van der Waals surface area (Å²) in [5.41, 5.74) is 4.29. The fourth-order valence-electron chi connectivity index (χ4n) is 4.11. The van der Waals surface area contributed by atoms with Gasteiger partial charge in [0.05, 0.1) is 48.3 Å². The molecule has 1 aliphatic carbocycles. The Labute approximate surface area is 233 Å². The van der Waals surface area contributed by atoms with Crippen LogP contribution in [0.2, 0.25) is 0 Å². The zero-order chi connectivity index (χ0) is 30.1. The Morgan fingerprint density at radius 2 is 1.76 bits per heavy atom. The van der Waals surface area contributed by atoms with E-state index in [-0.39, 0.29) is 22.8 Å². The molecule has 5 aromatic rings. The zero-order valence-corrected chi connectivity index (χ0v) is 22.6. The number of methoxy groups -OCH3 is 1. The van der Waals surface area contributed by atoms with E-state index in [0.29, 0.717) is 23.1 Å². The monoisotopic (exact) mass is 567 g/mol. The van der Waals surface area contributed by atoms with E-state index in [2.05, 4.69) is 30.2 Å². The first-order valence-corrected chi connectivity index (χ1v) is 12.2. The summed E-state index contributed by atoms with van der Waals surface area (Å²) in [4.78, 5) is 36.1. The Morgan fingerprint density at radius 1 is 1.02 bits per heavy atom. The number of pyridine rings is 1. The predicted octanol–water partition coefficient (Wildman–Crippen LogP) is 5.15. The molecule has 13 heteroatoms. The molecule has 4 aromatic heterocycles. The van der Waals surface area contributed by atoms with Crippen LogP contribution in [0.3, 0.4) is 0 Å². The lowest BCUT2D eigenvalue weighted by atomic mass is 10.1. The molecule has 1 saturated carbocycles. The van der Waals surface area contributed by atoms with Crippen LogP contribution in [0, 0.1) is 24.4 Å². The first-order valence-electron chi connectivity index (χ1n) is 12.2. The first kappa shape index (κ1) is 30.5. The maximum absolute atomic E-state index is 14.6. The number of hydrogen-bond acceptors (Lipinski definition) is 8.